The highest BCUT2D eigenvalue weighted by molar-refractivity contribution is 5.66. The number of rotatable bonds is 17. The average Bonchev–Trinajstić information content (AvgIpc) is 2.96. The fourth-order valence-corrected chi connectivity index (χ4v) is 3.62. The molecule has 0 aromatic rings. The summed E-state index contributed by atoms with van der Waals surface area (Å²) in [4.78, 5) is 10.5. The van der Waals surface area contributed by atoms with Gasteiger partial charge < -0.3 is 24.1 Å². The quantitative estimate of drug-likeness (QED) is 0.194. The predicted octanol–water partition coefficient (Wildman–Crippen LogP) is 5.45. The second-order valence-corrected chi connectivity index (χ2v) is 8.33. The first kappa shape index (κ1) is 26.1. The first-order chi connectivity index (χ1) is 13.9. The van der Waals surface area contributed by atoms with Gasteiger partial charge in [0.25, 0.3) is 0 Å². The summed E-state index contributed by atoms with van der Waals surface area (Å²) in [6.45, 7) is 6.41. The number of methoxy groups -OCH3 is 1. The van der Waals surface area contributed by atoms with Crippen LogP contribution >= 0.6 is 0 Å². The third-order valence-corrected chi connectivity index (χ3v) is 5.11. The van der Waals surface area contributed by atoms with Crippen LogP contribution in [0.3, 0.4) is 0 Å². The molecule has 6 heteroatoms. The van der Waals surface area contributed by atoms with E-state index in [2.05, 4.69) is 19.1 Å². The van der Waals surface area contributed by atoms with E-state index in [1.807, 2.05) is 13.8 Å². The van der Waals surface area contributed by atoms with Gasteiger partial charge in [0.1, 0.15) is 12.9 Å². The van der Waals surface area contributed by atoms with Gasteiger partial charge in [0, 0.05) is 13.5 Å². The van der Waals surface area contributed by atoms with E-state index in [0.29, 0.717) is 0 Å². The second kappa shape index (κ2) is 14.9. The molecule has 1 saturated heterocycles. The number of hydrogen-bond donors (Lipinski definition) is 1. The van der Waals surface area contributed by atoms with Crippen LogP contribution in [0.1, 0.15) is 91.4 Å². The van der Waals surface area contributed by atoms with Crippen LogP contribution < -0.4 is 0 Å². The van der Waals surface area contributed by atoms with Crippen LogP contribution in [0.5, 0.6) is 0 Å². The van der Waals surface area contributed by atoms with Crippen LogP contribution in [-0.2, 0) is 23.7 Å². The van der Waals surface area contributed by atoms with E-state index in [1.165, 1.54) is 12.8 Å². The Balaban J connectivity index is 2.45. The Morgan fingerprint density at radius 1 is 1.10 bits per heavy atom. The van der Waals surface area contributed by atoms with Crippen molar-refractivity contribution >= 4 is 5.97 Å². The molecule has 0 aromatic heterocycles. The molecule has 1 N–H and O–H groups in total. The van der Waals surface area contributed by atoms with Crippen molar-refractivity contribution in [1.82, 2.24) is 0 Å². The van der Waals surface area contributed by atoms with Crippen LogP contribution in [0.15, 0.2) is 12.2 Å². The van der Waals surface area contributed by atoms with Crippen LogP contribution in [0.4, 0.5) is 0 Å². The summed E-state index contributed by atoms with van der Waals surface area (Å²) in [5.74, 6) is -1.26. The van der Waals surface area contributed by atoms with Crippen molar-refractivity contribution in [2.45, 2.75) is 115 Å². The Kier molecular flexibility index (Phi) is 13.4. The van der Waals surface area contributed by atoms with E-state index < -0.39 is 11.8 Å². The van der Waals surface area contributed by atoms with E-state index in [9.17, 15) is 4.79 Å². The monoisotopic (exact) mass is 414 g/mol. The van der Waals surface area contributed by atoms with Gasteiger partial charge in [-0.1, -0.05) is 64.0 Å². The fraction of sp³-hybridized carbons (Fsp3) is 0.870. The number of carbonyl (C=O) groups is 1. The van der Waals surface area contributed by atoms with Gasteiger partial charge in [0.15, 0.2) is 5.79 Å². The minimum Gasteiger partial charge on any atom is -0.481 e. The van der Waals surface area contributed by atoms with Gasteiger partial charge in [-0.05, 0) is 33.1 Å². The third-order valence-electron chi connectivity index (χ3n) is 5.11. The smallest absolute Gasteiger partial charge is 0.303 e. The van der Waals surface area contributed by atoms with Crippen LogP contribution in [0.25, 0.3) is 0 Å². The largest absolute Gasteiger partial charge is 0.481 e. The summed E-state index contributed by atoms with van der Waals surface area (Å²) in [5.41, 5.74) is 0. The Morgan fingerprint density at radius 3 is 2.52 bits per heavy atom. The van der Waals surface area contributed by atoms with Crippen molar-refractivity contribution in [3.05, 3.63) is 12.2 Å². The highest BCUT2D eigenvalue weighted by Crippen LogP contribution is 2.32. The number of carboxylic acids is 1. The highest BCUT2D eigenvalue weighted by Gasteiger charge is 2.39. The van der Waals surface area contributed by atoms with Gasteiger partial charge in [-0.25, -0.2) is 0 Å². The molecule has 1 aliphatic rings. The maximum absolute atomic E-state index is 10.5. The Hall–Kier alpha value is -0.950. The van der Waals surface area contributed by atoms with Crippen molar-refractivity contribution < 1.29 is 28.8 Å². The van der Waals surface area contributed by atoms with Crippen molar-refractivity contribution in [3.8, 4) is 0 Å². The minimum atomic E-state index is -0.711. The number of carboxylic acid groups (broad SMARTS) is 1. The molecule has 1 rings (SSSR count). The molecule has 0 aliphatic carbocycles. The lowest BCUT2D eigenvalue weighted by Gasteiger charge is -2.16. The molecule has 0 aromatic carbocycles. The molecule has 0 spiro atoms. The Labute approximate surface area is 176 Å². The zero-order chi connectivity index (χ0) is 21.5. The van der Waals surface area contributed by atoms with Gasteiger partial charge in [0.05, 0.1) is 12.2 Å². The SMILES string of the molecule is CCCCC[C@@H]1OC(C)(C)O[C@H]1/C=C/[C@@H](CCCCCCCC(=O)O)OCOC. The van der Waals surface area contributed by atoms with Gasteiger partial charge in [-0.2, -0.15) is 0 Å². The molecular formula is C23H42O6. The van der Waals surface area contributed by atoms with Crippen molar-refractivity contribution in [2.75, 3.05) is 13.9 Å². The topological polar surface area (TPSA) is 74.2 Å². The molecule has 0 unspecified atom stereocenters. The molecule has 0 amide bonds. The van der Waals surface area contributed by atoms with Gasteiger partial charge >= 0.3 is 5.97 Å². The molecule has 170 valence electrons. The van der Waals surface area contributed by atoms with E-state index in [4.69, 9.17) is 24.1 Å². The van der Waals surface area contributed by atoms with E-state index >= 15 is 0 Å². The number of unbranched alkanes of at least 4 members (excludes halogenated alkanes) is 6. The molecular weight excluding hydrogens is 372 g/mol. The Morgan fingerprint density at radius 2 is 1.83 bits per heavy atom. The summed E-state index contributed by atoms with van der Waals surface area (Å²) in [5, 5.41) is 8.68. The second-order valence-electron chi connectivity index (χ2n) is 8.33. The molecule has 3 atom stereocenters. The lowest BCUT2D eigenvalue weighted by atomic mass is 10.0. The summed E-state index contributed by atoms with van der Waals surface area (Å²) in [6, 6.07) is 0. The number of aliphatic carboxylic acids is 1. The van der Waals surface area contributed by atoms with E-state index in [0.717, 1.165) is 51.4 Å². The molecule has 0 bridgehead atoms. The standard InChI is InChI=1S/C23H42O6/c1-5-6-10-14-20-21(29-23(2,3)28-20)17-16-19(27-18-26-4)13-11-8-7-9-12-15-22(24)25/h16-17,19-21H,5-15,18H2,1-4H3,(H,24,25)/b17-16+/t19-,20+,21+/m1/s1. The van der Waals surface area contributed by atoms with Crippen LogP contribution in [0.2, 0.25) is 0 Å². The van der Waals surface area contributed by atoms with Crippen LogP contribution in [0, 0.1) is 0 Å². The molecule has 1 heterocycles. The molecule has 1 aliphatic heterocycles. The Bertz CT molecular complexity index is 462. The van der Waals surface area contributed by atoms with Crippen LogP contribution in [-0.4, -0.2) is 49.1 Å². The van der Waals surface area contributed by atoms with Crippen molar-refractivity contribution in [3.63, 3.8) is 0 Å². The van der Waals surface area contributed by atoms with E-state index in [1.54, 1.807) is 7.11 Å². The minimum absolute atomic E-state index is 0.0161. The molecule has 0 saturated carbocycles. The molecule has 6 nitrogen and oxygen atoms in total. The zero-order valence-electron chi connectivity index (χ0n) is 18.9. The third kappa shape index (κ3) is 12.4. The normalized spacial score (nSPS) is 22.3. The van der Waals surface area contributed by atoms with Gasteiger partial charge in [-0.15, -0.1) is 0 Å². The summed E-state index contributed by atoms with van der Waals surface area (Å²) >= 11 is 0. The maximum atomic E-state index is 10.5. The first-order valence-corrected chi connectivity index (χ1v) is 11.2. The molecule has 29 heavy (non-hydrogen) atoms. The number of hydrogen-bond acceptors (Lipinski definition) is 5. The number of ether oxygens (including phenoxy) is 4. The fourth-order valence-electron chi connectivity index (χ4n) is 3.62. The summed E-state index contributed by atoms with van der Waals surface area (Å²) < 4.78 is 23.1. The highest BCUT2D eigenvalue weighted by atomic mass is 16.7. The zero-order valence-corrected chi connectivity index (χ0v) is 18.9. The van der Waals surface area contributed by atoms with Crippen molar-refractivity contribution in [1.29, 1.82) is 0 Å². The maximum Gasteiger partial charge on any atom is 0.303 e. The van der Waals surface area contributed by atoms with E-state index in [-0.39, 0.29) is 31.5 Å². The van der Waals surface area contributed by atoms with Gasteiger partial charge in [0.2, 0.25) is 0 Å². The lowest BCUT2D eigenvalue weighted by Crippen LogP contribution is -2.21. The summed E-state index contributed by atoms with van der Waals surface area (Å²) in [7, 11) is 1.63. The lowest BCUT2D eigenvalue weighted by molar-refractivity contribution is -0.143. The molecule has 0 radical (unpaired) electrons. The van der Waals surface area contributed by atoms with Crippen molar-refractivity contribution in [2.24, 2.45) is 0 Å². The molecule has 1 fully saturated rings. The first-order valence-electron chi connectivity index (χ1n) is 11.2. The van der Waals surface area contributed by atoms with Gasteiger partial charge in [-0.3, -0.25) is 4.79 Å². The predicted molar refractivity (Wildman–Crippen MR) is 114 cm³/mol. The average molecular weight is 415 g/mol. The summed E-state index contributed by atoms with van der Waals surface area (Å²) in [6.07, 6.45) is 14.8.